The third-order valence-electron chi connectivity index (χ3n) is 14.8. The maximum atomic E-state index is 6.66. The van der Waals surface area contributed by atoms with Crippen LogP contribution in [-0.2, 0) is 10.8 Å². The normalized spacial score (nSPS) is 14.5. The smallest absolute Gasteiger partial charge is 0.132 e. The van der Waals surface area contributed by atoms with Gasteiger partial charge in [-0.15, -0.1) is 11.3 Å². The number of para-hydroxylation sites is 4. The van der Waals surface area contributed by atoms with Gasteiger partial charge in [0, 0.05) is 59.5 Å². The lowest BCUT2D eigenvalue weighted by Gasteiger charge is -2.39. The van der Waals surface area contributed by atoms with E-state index in [9.17, 15) is 0 Å². The van der Waals surface area contributed by atoms with Crippen molar-refractivity contribution >= 4 is 48.6 Å². The Morgan fingerprint density at radius 3 is 1.15 bits per heavy atom. The zero-order valence-electron chi connectivity index (χ0n) is 35.5. The van der Waals surface area contributed by atoms with Crippen LogP contribution in [0.2, 0.25) is 0 Å². The Morgan fingerprint density at radius 1 is 0.288 bits per heavy atom. The van der Waals surface area contributed by atoms with Gasteiger partial charge in [-0.1, -0.05) is 158 Å². The Hall–Kier alpha value is -8.18. The van der Waals surface area contributed by atoms with E-state index in [1.165, 1.54) is 64.7 Å². The first-order valence-corrected chi connectivity index (χ1v) is 23.5. The summed E-state index contributed by atoms with van der Waals surface area (Å²) >= 11 is 1.86. The summed E-state index contributed by atoms with van der Waals surface area (Å²) in [6, 6.07) is 82.4. The third kappa shape index (κ3) is 4.56. The molecule has 0 saturated heterocycles. The van der Waals surface area contributed by atoms with Gasteiger partial charge >= 0.3 is 0 Å². The predicted molar refractivity (Wildman–Crippen MR) is 269 cm³/mol. The minimum atomic E-state index is -0.543. The summed E-state index contributed by atoms with van der Waals surface area (Å²) in [6.45, 7) is 0. The molecule has 3 heterocycles. The highest BCUT2D eigenvalue weighted by molar-refractivity contribution is 7.25. The fraction of sp³-hybridized carbons (Fsp3) is 0.0323. The molecule has 0 saturated carbocycles. The van der Waals surface area contributed by atoms with Crippen LogP contribution in [0.3, 0.4) is 0 Å². The van der Waals surface area contributed by atoms with E-state index < -0.39 is 10.8 Å². The minimum absolute atomic E-state index is 0.543. The second-order valence-corrected chi connectivity index (χ2v) is 18.9. The number of hydrogen-bond donors (Lipinski definition) is 0. The van der Waals surface area contributed by atoms with Crippen molar-refractivity contribution in [3.05, 3.63) is 269 Å². The van der Waals surface area contributed by atoms with Gasteiger partial charge in [-0.05, 0) is 111 Å². The molecule has 4 heteroatoms. The number of hydrogen-bond acceptors (Lipinski definition) is 4. The quantitative estimate of drug-likeness (QED) is 0.177. The highest BCUT2D eigenvalue weighted by Crippen LogP contribution is 2.64. The summed E-state index contributed by atoms with van der Waals surface area (Å²) in [5.41, 5.74) is 16.9. The zero-order chi connectivity index (χ0) is 43.1. The van der Waals surface area contributed by atoms with Gasteiger partial charge in [-0.25, -0.2) is 0 Å². The molecule has 1 aromatic heterocycles. The van der Waals surface area contributed by atoms with Crippen LogP contribution in [0.4, 0.5) is 17.1 Å². The van der Waals surface area contributed by atoms with E-state index in [2.05, 4.69) is 229 Å². The Balaban J connectivity index is 0.989. The van der Waals surface area contributed by atoms with Crippen LogP contribution < -0.4 is 14.4 Å². The van der Waals surface area contributed by atoms with Crippen molar-refractivity contribution in [2.24, 2.45) is 0 Å². The number of thiophene rings is 1. The van der Waals surface area contributed by atoms with E-state index in [1.54, 1.807) is 0 Å². The summed E-state index contributed by atoms with van der Waals surface area (Å²) in [5, 5.41) is 2.58. The van der Waals surface area contributed by atoms with Gasteiger partial charge in [0.1, 0.15) is 23.0 Å². The van der Waals surface area contributed by atoms with E-state index in [1.807, 2.05) is 11.3 Å². The van der Waals surface area contributed by atoms with Gasteiger partial charge in [-0.2, -0.15) is 0 Å². The van der Waals surface area contributed by atoms with Crippen LogP contribution in [-0.4, -0.2) is 0 Å². The highest BCUT2D eigenvalue weighted by atomic mass is 32.1. The van der Waals surface area contributed by atoms with Crippen LogP contribution in [0.5, 0.6) is 23.0 Å². The van der Waals surface area contributed by atoms with Crippen LogP contribution in [0.15, 0.2) is 224 Å². The fourth-order valence-electron chi connectivity index (χ4n) is 12.3. The molecule has 10 aromatic carbocycles. The molecule has 66 heavy (non-hydrogen) atoms. The molecule has 0 N–H and O–H groups in total. The molecule has 15 rings (SSSR count). The van der Waals surface area contributed by atoms with E-state index in [0.29, 0.717) is 0 Å². The first-order valence-electron chi connectivity index (χ1n) is 22.7. The molecule has 0 unspecified atom stereocenters. The second-order valence-electron chi connectivity index (χ2n) is 17.9. The van der Waals surface area contributed by atoms with Crippen molar-refractivity contribution in [2.45, 2.75) is 10.8 Å². The Labute approximate surface area is 386 Å². The zero-order valence-corrected chi connectivity index (χ0v) is 36.4. The molecule has 0 amide bonds. The van der Waals surface area contributed by atoms with Crippen molar-refractivity contribution in [1.82, 2.24) is 0 Å². The standard InChI is InChI=1S/C62H37NO2S/c1-4-18-47-41(15-1)45-35-38(30-33-49(45)61(47)51-20-6-10-24-55(51)64-56-25-11-7-21-52(56)61)63(40-29-32-44-43-17-3-14-28-59(43)66-60(44)37-40)39-31-34-50-46(36-39)42-16-2-5-19-48(42)62(50)53-22-8-12-26-57(53)65-58-27-13-9-23-54(58)62/h1-37H. The maximum absolute atomic E-state index is 6.66. The van der Waals surface area contributed by atoms with Gasteiger partial charge in [0.25, 0.3) is 0 Å². The average Bonchev–Trinajstić information content (AvgIpc) is 3.99. The minimum Gasteiger partial charge on any atom is -0.457 e. The summed E-state index contributed by atoms with van der Waals surface area (Å²) in [7, 11) is 0. The largest absolute Gasteiger partial charge is 0.457 e. The van der Waals surface area contributed by atoms with E-state index in [0.717, 1.165) is 62.3 Å². The molecular weight excluding hydrogens is 823 g/mol. The summed E-state index contributed by atoms with van der Waals surface area (Å²) in [4.78, 5) is 2.48. The molecule has 0 bridgehead atoms. The van der Waals surface area contributed by atoms with E-state index in [-0.39, 0.29) is 0 Å². The van der Waals surface area contributed by atoms with E-state index in [4.69, 9.17) is 9.47 Å². The molecule has 11 aromatic rings. The number of nitrogens with zero attached hydrogens (tertiary/aromatic N) is 1. The number of ether oxygens (including phenoxy) is 2. The molecule has 308 valence electrons. The lowest BCUT2D eigenvalue weighted by molar-refractivity contribution is 0.436. The van der Waals surface area contributed by atoms with Crippen molar-refractivity contribution in [2.75, 3.05) is 4.90 Å². The monoisotopic (exact) mass is 859 g/mol. The van der Waals surface area contributed by atoms with Crippen molar-refractivity contribution < 1.29 is 9.47 Å². The summed E-state index contributed by atoms with van der Waals surface area (Å²) in [5.74, 6) is 3.58. The van der Waals surface area contributed by atoms with Crippen molar-refractivity contribution in [3.63, 3.8) is 0 Å². The van der Waals surface area contributed by atoms with Crippen LogP contribution >= 0.6 is 11.3 Å². The Bertz CT molecular complexity index is 3590. The van der Waals surface area contributed by atoms with E-state index >= 15 is 0 Å². The molecule has 2 aliphatic carbocycles. The molecular formula is C62H37NO2S. The molecule has 0 fully saturated rings. The lowest BCUT2D eigenvalue weighted by atomic mass is 9.66. The Morgan fingerprint density at radius 2 is 0.652 bits per heavy atom. The molecule has 2 spiro atoms. The van der Waals surface area contributed by atoms with Crippen LogP contribution in [0, 0.1) is 0 Å². The topological polar surface area (TPSA) is 21.7 Å². The van der Waals surface area contributed by atoms with Crippen molar-refractivity contribution in [3.8, 4) is 45.3 Å². The number of benzene rings is 10. The molecule has 0 atom stereocenters. The van der Waals surface area contributed by atoms with Gasteiger partial charge in [0.15, 0.2) is 0 Å². The fourth-order valence-corrected chi connectivity index (χ4v) is 13.4. The Kier molecular flexibility index (Phi) is 7.24. The van der Waals surface area contributed by atoms with Gasteiger partial charge in [-0.3, -0.25) is 0 Å². The van der Waals surface area contributed by atoms with Crippen molar-refractivity contribution in [1.29, 1.82) is 0 Å². The third-order valence-corrected chi connectivity index (χ3v) is 15.9. The average molecular weight is 860 g/mol. The van der Waals surface area contributed by atoms with Gasteiger partial charge in [0.05, 0.1) is 10.8 Å². The molecule has 4 aliphatic rings. The SMILES string of the molecule is c1ccc2c(c1)Oc1ccccc1C21c2ccccc2-c2cc(N(c3ccc4c(c3)-c3ccccc3C43c4ccccc4Oc4ccccc43)c3ccc4c(c3)sc3ccccc34)ccc21. The lowest BCUT2D eigenvalue weighted by Crippen LogP contribution is -2.32. The van der Waals surface area contributed by atoms with Gasteiger partial charge < -0.3 is 14.4 Å². The molecule has 0 radical (unpaired) electrons. The predicted octanol–water partition coefficient (Wildman–Crippen LogP) is 16.5. The summed E-state index contributed by atoms with van der Waals surface area (Å²) in [6.07, 6.45) is 0. The summed E-state index contributed by atoms with van der Waals surface area (Å²) < 4.78 is 15.9. The number of anilines is 3. The number of fused-ring (bicyclic) bond motifs is 21. The van der Waals surface area contributed by atoms with Gasteiger partial charge in [0.2, 0.25) is 0 Å². The first kappa shape index (κ1) is 36.2. The molecule has 3 nitrogen and oxygen atoms in total. The molecule has 2 aliphatic heterocycles. The van der Waals surface area contributed by atoms with Crippen LogP contribution in [0.1, 0.15) is 44.5 Å². The highest BCUT2D eigenvalue weighted by Gasteiger charge is 2.52. The second kappa shape index (κ2) is 13.2. The first-order chi connectivity index (χ1) is 32.7. The van der Waals surface area contributed by atoms with Crippen LogP contribution in [0.25, 0.3) is 42.4 Å². The maximum Gasteiger partial charge on any atom is 0.132 e. The number of rotatable bonds is 3.